The highest BCUT2D eigenvalue weighted by atomic mass is 127. The lowest BCUT2D eigenvalue weighted by atomic mass is 10.1. The quantitative estimate of drug-likeness (QED) is 0.339. The first-order valence-electron chi connectivity index (χ1n) is 6.84. The monoisotopic (exact) mass is 386 g/mol. The van der Waals surface area contributed by atoms with Crippen molar-refractivity contribution in [1.29, 1.82) is 0 Å². The first-order chi connectivity index (χ1) is 8.09. The Kier molecular flexibility index (Phi) is 6.68. The van der Waals surface area contributed by atoms with Crippen LogP contribution in [0.1, 0.15) is 32.1 Å². The van der Waals surface area contributed by atoms with E-state index in [1.165, 1.54) is 32.4 Å². The number of alkyl halides is 1. The van der Waals surface area contributed by atoms with E-state index in [1.54, 1.807) is 0 Å². The zero-order valence-electron chi connectivity index (χ0n) is 11.2. The van der Waals surface area contributed by atoms with E-state index >= 15 is 0 Å². The number of rotatable bonds is 4. The summed E-state index contributed by atoms with van der Waals surface area (Å²) in [4.78, 5) is 13.5. The highest BCUT2D eigenvalue weighted by molar-refractivity contribution is 6.21. The molecule has 2 heterocycles. The minimum absolute atomic E-state index is 0. The average Bonchev–Trinajstić information content (AvgIpc) is 2.64. The van der Waals surface area contributed by atoms with Gasteiger partial charge in [-0.25, -0.2) is 0 Å². The van der Waals surface area contributed by atoms with E-state index in [1.807, 2.05) is 4.90 Å². The molecule has 2 rings (SSSR count). The summed E-state index contributed by atoms with van der Waals surface area (Å²) in [6.45, 7) is 5.15. The lowest BCUT2D eigenvalue weighted by Crippen LogP contribution is -3.00. The molecule has 0 radical (unpaired) electrons. The third kappa shape index (κ3) is 4.53. The Bertz CT molecular complexity index is 282. The van der Waals surface area contributed by atoms with Gasteiger partial charge in [0.15, 0.2) is 0 Å². The molecule has 1 unspecified atom stereocenters. The van der Waals surface area contributed by atoms with E-state index < -0.39 is 0 Å². The fraction of sp³-hybridized carbons (Fsp3) is 0.923. The molecule has 0 aromatic rings. The van der Waals surface area contributed by atoms with Crippen LogP contribution in [0.25, 0.3) is 0 Å². The van der Waals surface area contributed by atoms with E-state index in [2.05, 4.69) is 7.05 Å². The number of quaternary nitrogens is 1. The van der Waals surface area contributed by atoms with Gasteiger partial charge < -0.3 is 33.4 Å². The predicted octanol–water partition coefficient (Wildman–Crippen LogP) is -1.15. The van der Waals surface area contributed by atoms with E-state index in [9.17, 15) is 4.79 Å². The van der Waals surface area contributed by atoms with Gasteiger partial charge in [-0.3, -0.25) is 4.79 Å². The van der Waals surface area contributed by atoms with Gasteiger partial charge in [-0.05, 0) is 25.7 Å². The third-order valence-electron chi connectivity index (χ3n) is 4.12. The Morgan fingerprint density at radius 1 is 1.28 bits per heavy atom. The summed E-state index contributed by atoms with van der Waals surface area (Å²) in [6, 6.07) is 0. The molecule has 2 aliphatic rings. The molecule has 1 amide bonds. The highest BCUT2D eigenvalue weighted by Gasteiger charge is 2.30. The molecule has 1 atom stereocenters. The number of carbonyl (C=O) groups excluding carboxylic acids is 1. The van der Waals surface area contributed by atoms with Gasteiger partial charge in [0.2, 0.25) is 5.91 Å². The van der Waals surface area contributed by atoms with Crippen LogP contribution in [0.3, 0.4) is 0 Å². The van der Waals surface area contributed by atoms with Crippen LogP contribution in [0.15, 0.2) is 0 Å². The molecule has 106 valence electrons. The van der Waals surface area contributed by atoms with Gasteiger partial charge >= 0.3 is 0 Å². The summed E-state index contributed by atoms with van der Waals surface area (Å²) in [7, 11) is 2.31. The summed E-state index contributed by atoms with van der Waals surface area (Å²) in [5.74, 6) is 0.289. The zero-order valence-corrected chi connectivity index (χ0v) is 14.1. The number of halogens is 2. The van der Waals surface area contributed by atoms with E-state index in [0.29, 0.717) is 0 Å². The number of likely N-dealkylation sites (tertiary alicyclic amines) is 2. The molecule has 2 fully saturated rings. The molecule has 18 heavy (non-hydrogen) atoms. The Labute approximate surface area is 132 Å². The Morgan fingerprint density at radius 2 is 1.94 bits per heavy atom. The fourth-order valence-corrected chi connectivity index (χ4v) is 3.63. The van der Waals surface area contributed by atoms with E-state index in [4.69, 9.17) is 11.6 Å². The summed E-state index contributed by atoms with van der Waals surface area (Å²) < 4.78 is 1.09. The number of hydrogen-bond acceptors (Lipinski definition) is 1. The second kappa shape index (κ2) is 7.29. The first kappa shape index (κ1) is 16.5. The molecule has 2 saturated heterocycles. The second-order valence-corrected chi connectivity index (χ2v) is 6.47. The Morgan fingerprint density at radius 3 is 2.50 bits per heavy atom. The summed E-state index contributed by atoms with van der Waals surface area (Å²) in [5.41, 5.74) is 0. The minimum atomic E-state index is 0. The largest absolute Gasteiger partial charge is 1.00 e. The van der Waals surface area contributed by atoms with Crippen molar-refractivity contribution in [3.8, 4) is 0 Å². The number of nitrogens with zero attached hydrogens (tertiary/aromatic N) is 2. The van der Waals surface area contributed by atoms with Gasteiger partial charge in [-0.2, -0.15) is 0 Å². The van der Waals surface area contributed by atoms with Gasteiger partial charge in [0.05, 0.1) is 26.7 Å². The molecule has 0 aromatic heterocycles. The molecular weight excluding hydrogens is 363 g/mol. The maximum Gasteiger partial charge on any atom is 0.222 e. The zero-order chi connectivity index (χ0) is 12.3. The van der Waals surface area contributed by atoms with Gasteiger partial charge in [-0.1, -0.05) is 0 Å². The number of amides is 1. The molecular formula is C13H24ClIN2O. The molecule has 0 aromatic carbocycles. The number of piperidine rings is 1. The molecule has 0 aliphatic carbocycles. The van der Waals surface area contributed by atoms with Gasteiger partial charge in [0.1, 0.15) is 5.38 Å². The topological polar surface area (TPSA) is 20.3 Å². The molecule has 3 nitrogen and oxygen atoms in total. The maximum atomic E-state index is 11.5. The molecule has 5 heteroatoms. The average molecular weight is 387 g/mol. The van der Waals surface area contributed by atoms with Crippen LogP contribution in [-0.4, -0.2) is 60.4 Å². The summed E-state index contributed by atoms with van der Waals surface area (Å²) in [5, 5.41) is 0.111. The van der Waals surface area contributed by atoms with Crippen molar-refractivity contribution in [3.05, 3.63) is 0 Å². The van der Waals surface area contributed by atoms with E-state index in [-0.39, 0.29) is 35.3 Å². The lowest BCUT2D eigenvalue weighted by Gasteiger charge is -2.39. The van der Waals surface area contributed by atoms with Crippen LogP contribution in [-0.2, 0) is 4.79 Å². The van der Waals surface area contributed by atoms with Crippen LogP contribution < -0.4 is 24.0 Å². The number of carbonyl (C=O) groups is 1. The van der Waals surface area contributed by atoms with Crippen LogP contribution >= 0.6 is 11.6 Å². The van der Waals surface area contributed by atoms with Crippen LogP contribution in [0.4, 0.5) is 0 Å². The maximum absolute atomic E-state index is 11.5. The van der Waals surface area contributed by atoms with Gasteiger partial charge in [0.25, 0.3) is 0 Å². The van der Waals surface area contributed by atoms with Crippen molar-refractivity contribution >= 4 is 17.5 Å². The molecule has 2 aliphatic heterocycles. The van der Waals surface area contributed by atoms with Crippen molar-refractivity contribution in [1.82, 2.24) is 4.90 Å². The third-order valence-corrected chi connectivity index (χ3v) is 4.40. The lowest BCUT2D eigenvalue weighted by molar-refractivity contribution is -0.913. The van der Waals surface area contributed by atoms with Crippen molar-refractivity contribution in [2.24, 2.45) is 0 Å². The van der Waals surface area contributed by atoms with Crippen molar-refractivity contribution in [2.45, 2.75) is 37.5 Å². The second-order valence-electron chi connectivity index (χ2n) is 5.85. The fourth-order valence-electron chi connectivity index (χ4n) is 3.13. The highest BCUT2D eigenvalue weighted by Crippen LogP contribution is 2.19. The van der Waals surface area contributed by atoms with E-state index in [0.717, 1.165) is 37.0 Å². The van der Waals surface area contributed by atoms with Crippen LogP contribution in [0.2, 0.25) is 0 Å². The molecule has 0 spiro atoms. The molecule has 0 saturated carbocycles. The van der Waals surface area contributed by atoms with Gasteiger partial charge in [0, 0.05) is 19.5 Å². The minimum Gasteiger partial charge on any atom is -1.00 e. The summed E-state index contributed by atoms with van der Waals surface area (Å²) >= 11 is 6.44. The Balaban J connectivity index is 0.00000162. The van der Waals surface area contributed by atoms with Crippen molar-refractivity contribution in [3.63, 3.8) is 0 Å². The molecule has 0 N–H and O–H groups in total. The normalized spacial score (nSPS) is 24.8. The standard InChI is InChI=1S/C13H24ClN2O.HI/c1-16(8-3-2-4-9-16)11-12(14)10-15-7-5-6-13(15)17;/h12H,2-11H2,1H3;1H/q+1;/p-1. The van der Waals surface area contributed by atoms with Crippen molar-refractivity contribution < 1.29 is 33.3 Å². The van der Waals surface area contributed by atoms with Gasteiger partial charge in [-0.15, -0.1) is 11.6 Å². The van der Waals surface area contributed by atoms with Crippen LogP contribution in [0, 0.1) is 0 Å². The smallest absolute Gasteiger partial charge is 0.222 e. The van der Waals surface area contributed by atoms with Crippen molar-refractivity contribution in [2.75, 3.05) is 39.8 Å². The first-order valence-corrected chi connectivity index (χ1v) is 7.28. The molecule has 0 bridgehead atoms. The Hall–Kier alpha value is 0.450. The SMILES string of the molecule is C[N+]1(CC(Cl)CN2CCCC2=O)CCCCC1.[I-]. The predicted molar refractivity (Wildman–Crippen MR) is 70.1 cm³/mol. The number of hydrogen-bond donors (Lipinski definition) is 0. The summed E-state index contributed by atoms with van der Waals surface area (Å²) in [6.07, 6.45) is 5.74. The van der Waals surface area contributed by atoms with Crippen LogP contribution in [0.5, 0.6) is 0 Å².